The average Bonchev–Trinajstić information content (AvgIpc) is 2.65. The molecule has 0 unspecified atom stereocenters. The monoisotopic (exact) mass is 478 g/mol. The number of carbonyl (C=O) groups is 3. The van der Waals surface area contributed by atoms with Gasteiger partial charge in [-0.1, -0.05) is 45.7 Å². The molecule has 1 aliphatic heterocycles. The lowest BCUT2D eigenvalue weighted by Crippen LogP contribution is -2.51. The number of nitrogens with one attached hydrogen (secondary N) is 2. The molecule has 9 heteroatoms. The number of halogens is 2. The number of carbonyl (C=O) groups excluding carboxylic acids is 3. The molecule has 0 spiro atoms. The first kappa shape index (κ1) is 20.9. The van der Waals surface area contributed by atoms with E-state index in [2.05, 4.69) is 15.9 Å². The normalized spacial score (nSPS) is 13.6. The van der Waals surface area contributed by atoms with Crippen LogP contribution in [0.5, 0.6) is 11.5 Å². The lowest BCUT2D eigenvalue weighted by atomic mass is 10.1. The minimum atomic E-state index is -0.860. The van der Waals surface area contributed by atoms with Crippen LogP contribution in [0.25, 0.3) is 6.08 Å². The van der Waals surface area contributed by atoms with Crippen molar-refractivity contribution in [2.24, 2.45) is 0 Å². The highest BCUT2D eigenvalue weighted by molar-refractivity contribution is 9.10. The fourth-order valence-electron chi connectivity index (χ4n) is 2.61. The third kappa shape index (κ3) is 4.96. The fraction of sp³-hybridized carbons (Fsp3) is 0.150. The maximum atomic E-state index is 11.9. The van der Waals surface area contributed by atoms with Crippen LogP contribution in [0.15, 0.2) is 46.4 Å². The zero-order valence-corrected chi connectivity index (χ0v) is 17.6. The largest absolute Gasteiger partial charge is 0.490 e. The Labute approximate surface area is 180 Å². The lowest BCUT2D eigenvalue weighted by molar-refractivity contribution is -0.123. The van der Waals surface area contributed by atoms with Gasteiger partial charge in [0, 0.05) is 10.0 Å². The summed E-state index contributed by atoms with van der Waals surface area (Å²) in [6.45, 7) is 2.43. The summed E-state index contributed by atoms with van der Waals surface area (Å²) in [5.74, 6) is -0.866. The van der Waals surface area contributed by atoms with Crippen molar-refractivity contribution in [3.05, 3.63) is 62.6 Å². The predicted octanol–water partition coefficient (Wildman–Crippen LogP) is 3.83. The predicted molar refractivity (Wildman–Crippen MR) is 111 cm³/mol. The van der Waals surface area contributed by atoms with Crippen LogP contribution in [-0.2, 0) is 16.2 Å². The van der Waals surface area contributed by atoms with Crippen LogP contribution < -0.4 is 20.1 Å². The summed E-state index contributed by atoms with van der Waals surface area (Å²) in [4.78, 5) is 35.0. The molecule has 1 aliphatic rings. The first-order valence-electron chi connectivity index (χ1n) is 8.60. The Hall–Kier alpha value is -2.84. The van der Waals surface area contributed by atoms with Crippen LogP contribution in [0.2, 0.25) is 5.02 Å². The smallest absolute Gasteiger partial charge is 0.328 e. The Bertz CT molecular complexity index is 1000. The fourth-order valence-corrected chi connectivity index (χ4v) is 3.29. The molecule has 0 aliphatic carbocycles. The molecule has 150 valence electrons. The third-order valence-corrected chi connectivity index (χ3v) is 4.97. The first-order valence-corrected chi connectivity index (χ1v) is 9.77. The molecule has 0 atom stereocenters. The molecule has 4 amide bonds. The molecule has 0 saturated carbocycles. The maximum absolute atomic E-state index is 11.9. The van der Waals surface area contributed by atoms with Gasteiger partial charge in [0.1, 0.15) is 12.2 Å². The molecule has 1 fully saturated rings. The third-order valence-electron chi connectivity index (χ3n) is 3.92. The summed E-state index contributed by atoms with van der Waals surface area (Å²) in [5.41, 5.74) is 1.16. The van der Waals surface area contributed by atoms with E-state index in [0.717, 1.165) is 10.0 Å². The lowest BCUT2D eigenvalue weighted by Gasteiger charge is -2.16. The van der Waals surface area contributed by atoms with Gasteiger partial charge in [-0.2, -0.15) is 0 Å². The number of barbiturate groups is 1. The van der Waals surface area contributed by atoms with E-state index >= 15 is 0 Å². The van der Waals surface area contributed by atoms with Crippen molar-refractivity contribution in [2.45, 2.75) is 13.5 Å². The Morgan fingerprint density at radius 3 is 2.41 bits per heavy atom. The molecule has 0 aromatic heterocycles. The van der Waals surface area contributed by atoms with Crippen molar-refractivity contribution in [3.63, 3.8) is 0 Å². The second-order valence-electron chi connectivity index (χ2n) is 5.94. The van der Waals surface area contributed by atoms with E-state index in [9.17, 15) is 14.4 Å². The van der Waals surface area contributed by atoms with E-state index in [-0.39, 0.29) is 17.2 Å². The average molecular weight is 480 g/mol. The van der Waals surface area contributed by atoms with E-state index in [4.69, 9.17) is 21.1 Å². The molecule has 1 saturated heterocycles. The minimum Gasteiger partial charge on any atom is -0.490 e. The Morgan fingerprint density at radius 1 is 1.07 bits per heavy atom. The molecule has 0 bridgehead atoms. The summed E-state index contributed by atoms with van der Waals surface area (Å²) < 4.78 is 12.4. The summed E-state index contributed by atoms with van der Waals surface area (Å²) >= 11 is 9.86. The van der Waals surface area contributed by atoms with Gasteiger partial charge in [-0.15, -0.1) is 0 Å². The number of hydrogen-bond donors (Lipinski definition) is 2. The number of hydrogen-bond acceptors (Lipinski definition) is 5. The molecule has 2 aromatic carbocycles. The SMILES string of the molecule is CCOc1cc(C=C2C(=O)NC(=O)NC2=O)cc(Cl)c1OCc1ccccc1Br. The van der Waals surface area contributed by atoms with Crippen LogP contribution in [-0.4, -0.2) is 24.5 Å². The number of urea groups is 1. The Balaban J connectivity index is 1.91. The minimum absolute atomic E-state index is 0.218. The topological polar surface area (TPSA) is 93.7 Å². The van der Waals surface area contributed by atoms with Crippen molar-refractivity contribution < 1.29 is 23.9 Å². The van der Waals surface area contributed by atoms with Crippen molar-refractivity contribution in [1.82, 2.24) is 10.6 Å². The van der Waals surface area contributed by atoms with Gasteiger partial charge in [-0.05, 0) is 36.8 Å². The van der Waals surface area contributed by atoms with Gasteiger partial charge in [-0.3, -0.25) is 20.2 Å². The van der Waals surface area contributed by atoms with Gasteiger partial charge in [0.05, 0.1) is 11.6 Å². The Kier molecular flexibility index (Phi) is 6.56. The van der Waals surface area contributed by atoms with E-state index < -0.39 is 17.8 Å². The van der Waals surface area contributed by atoms with Crippen molar-refractivity contribution in [2.75, 3.05) is 6.61 Å². The van der Waals surface area contributed by atoms with Crippen LogP contribution in [0.1, 0.15) is 18.1 Å². The van der Waals surface area contributed by atoms with Crippen molar-refractivity contribution in [1.29, 1.82) is 0 Å². The molecular weight excluding hydrogens is 464 g/mol. The Morgan fingerprint density at radius 2 is 1.76 bits per heavy atom. The summed E-state index contributed by atoms with van der Waals surface area (Å²) in [6, 6.07) is 9.91. The standard InChI is InChI=1S/C20H16BrClN2O5/c1-2-28-16-9-11(7-13-18(25)23-20(27)24-19(13)26)8-15(22)17(16)29-10-12-5-3-4-6-14(12)21/h3-9H,2,10H2,1H3,(H2,23,24,25,26,27). The molecule has 29 heavy (non-hydrogen) atoms. The number of ether oxygens (including phenoxy) is 2. The molecule has 3 rings (SSSR count). The van der Waals surface area contributed by atoms with Crippen LogP contribution in [0, 0.1) is 0 Å². The molecular formula is C20H16BrClN2O5. The van der Waals surface area contributed by atoms with Crippen molar-refractivity contribution >= 4 is 51.5 Å². The van der Waals surface area contributed by atoms with Crippen LogP contribution >= 0.6 is 27.5 Å². The highest BCUT2D eigenvalue weighted by atomic mass is 79.9. The van der Waals surface area contributed by atoms with E-state index in [1.165, 1.54) is 6.08 Å². The highest BCUT2D eigenvalue weighted by Gasteiger charge is 2.28. The molecule has 2 N–H and O–H groups in total. The van der Waals surface area contributed by atoms with E-state index in [0.29, 0.717) is 23.7 Å². The summed E-state index contributed by atoms with van der Waals surface area (Å²) in [6.07, 6.45) is 1.32. The quantitative estimate of drug-likeness (QED) is 0.485. The van der Waals surface area contributed by atoms with Crippen molar-refractivity contribution in [3.8, 4) is 11.5 Å². The van der Waals surface area contributed by atoms with Crippen LogP contribution in [0.3, 0.4) is 0 Å². The second-order valence-corrected chi connectivity index (χ2v) is 7.20. The molecule has 7 nitrogen and oxygen atoms in total. The molecule has 1 heterocycles. The molecule has 0 radical (unpaired) electrons. The zero-order chi connectivity index (χ0) is 21.0. The first-order chi connectivity index (χ1) is 13.9. The maximum Gasteiger partial charge on any atom is 0.328 e. The van der Waals surface area contributed by atoms with E-state index in [1.807, 2.05) is 41.8 Å². The molecule has 2 aromatic rings. The zero-order valence-electron chi connectivity index (χ0n) is 15.3. The number of amides is 4. The summed E-state index contributed by atoms with van der Waals surface area (Å²) in [5, 5.41) is 4.29. The number of benzene rings is 2. The van der Waals surface area contributed by atoms with E-state index in [1.54, 1.807) is 12.1 Å². The van der Waals surface area contributed by atoms with Gasteiger partial charge in [0.2, 0.25) is 0 Å². The van der Waals surface area contributed by atoms with Gasteiger partial charge in [0.25, 0.3) is 11.8 Å². The number of rotatable bonds is 6. The van der Waals surface area contributed by atoms with Crippen LogP contribution in [0.4, 0.5) is 4.79 Å². The van der Waals surface area contributed by atoms with Gasteiger partial charge < -0.3 is 9.47 Å². The second kappa shape index (κ2) is 9.11. The van der Waals surface area contributed by atoms with Gasteiger partial charge in [-0.25, -0.2) is 4.79 Å². The number of imide groups is 2. The highest BCUT2D eigenvalue weighted by Crippen LogP contribution is 2.38. The summed E-state index contributed by atoms with van der Waals surface area (Å²) in [7, 11) is 0. The van der Waals surface area contributed by atoms with Gasteiger partial charge >= 0.3 is 6.03 Å². The van der Waals surface area contributed by atoms with Gasteiger partial charge in [0.15, 0.2) is 11.5 Å².